The first-order valence-electron chi connectivity index (χ1n) is 5.52. The van der Waals surface area contributed by atoms with Crippen LogP contribution < -0.4 is 0 Å². The quantitative estimate of drug-likeness (QED) is 0.779. The van der Waals surface area contributed by atoms with Crippen LogP contribution in [0.3, 0.4) is 0 Å². The molecule has 1 heterocycles. The summed E-state index contributed by atoms with van der Waals surface area (Å²) in [6.07, 6.45) is 2.52. The molecule has 1 aliphatic rings. The van der Waals surface area contributed by atoms with Gasteiger partial charge >= 0.3 is 0 Å². The van der Waals surface area contributed by atoms with Crippen LogP contribution in [0.1, 0.15) is 30.1 Å². The summed E-state index contributed by atoms with van der Waals surface area (Å²) >= 11 is 9.11. The van der Waals surface area contributed by atoms with Gasteiger partial charge in [0.1, 0.15) is 5.82 Å². The lowest BCUT2D eigenvalue weighted by atomic mass is 10.2. The maximum Gasteiger partial charge on any atom is 0.170 e. The minimum Gasteiger partial charge on any atom is -0.213 e. The van der Waals surface area contributed by atoms with Gasteiger partial charge in [0, 0.05) is 16.7 Å². The van der Waals surface area contributed by atoms with Gasteiger partial charge in [0.2, 0.25) is 0 Å². The summed E-state index contributed by atoms with van der Waals surface area (Å²) in [6.45, 7) is 0. The highest BCUT2D eigenvalue weighted by Crippen LogP contribution is 2.39. The van der Waals surface area contributed by atoms with Crippen molar-refractivity contribution in [2.75, 3.05) is 0 Å². The maximum absolute atomic E-state index is 5.85. The zero-order valence-corrected chi connectivity index (χ0v) is 11.5. The van der Waals surface area contributed by atoms with Gasteiger partial charge in [-0.25, -0.2) is 4.98 Å². The van der Waals surface area contributed by atoms with Gasteiger partial charge in [-0.15, -0.1) is 0 Å². The third kappa shape index (κ3) is 3.00. The van der Waals surface area contributed by atoms with E-state index < -0.39 is 0 Å². The number of aromatic nitrogens is 2. The van der Waals surface area contributed by atoms with E-state index in [0.29, 0.717) is 5.92 Å². The minimum atomic E-state index is 0.649. The molecule has 1 aliphatic carbocycles. The lowest BCUT2D eigenvalue weighted by molar-refractivity contribution is 0.958. The van der Waals surface area contributed by atoms with E-state index in [9.17, 15) is 0 Å². The lowest BCUT2D eigenvalue weighted by Crippen LogP contribution is -1.82. The Morgan fingerprint density at radius 3 is 2.76 bits per heavy atom. The second-order valence-corrected chi connectivity index (χ2v) is 6.52. The molecule has 0 aliphatic heterocycles. The van der Waals surface area contributed by atoms with Gasteiger partial charge < -0.3 is 0 Å². The van der Waals surface area contributed by atoms with Gasteiger partial charge in [-0.05, 0) is 42.1 Å². The summed E-state index contributed by atoms with van der Waals surface area (Å²) in [4.78, 5) is 4.55. The Hall–Kier alpha value is -0.580. The molecule has 0 bridgehead atoms. The Labute approximate surface area is 114 Å². The van der Waals surface area contributed by atoms with Crippen LogP contribution in [0.2, 0.25) is 5.02 Å². The maximum atomic E-state index is 5.85. The van der Waals surface area contributed by atoms with Crippen molar-refractivity contribution in [3.8, 4) is 0 Å². The second kappa shape index (κ2) is 4.96. The largest absolute Gasteiger partial charge is 0.213 e. The first-order valence-corrected chi connectivity index (χ1v) is 7.66. The van der Waals surface area contributed by atoms with E-state index >= 15 is 0 Å². The van der Waals surface area contributed by atoms with Crippen molar-refractivity contribution in [2.45, 2.75) is 28.9 Å². The molecular formula is C12H11ClN2S2. The average Bonchev–Trinajstić information content (AvgIpc) is 3.09. The molecule has 2 nitrogen and oxygen atoms in total. The number of thioether (sulfide) groups is 1. The smallest absolute Gasteiger partial charge is 0.170 e. The topological polar surface area (TPSA) is 25.8 Å². The Bertz CT molecular complexity index is 505. The number of benzene rings is 1. The van der Waals surface area contributed by atoms with Crippen molar-refractivity contribution < 1.29 is 0 Å². The van der Waals surface area contributed by atoms with Crippen LogP contribution in [-0.2, 0) is 5.75 Å². The monoisotopic (exact) mass is 282 g/mol. The fourth-order valence-corrected chi connectivity index (χ4v) is 3.27. The van der Waals surface area contributed by atoms with Crippen molar-refractivity contribution in [3.63, 3.8) is 0 Å². The number of hydrogen-bond acceptors (Lipinski definition) is 4. The first kappa shape index (κ1) is 11.5. The molecule has 0 atom stereocenters. The molecule has 5 heteroatoms. The highest BCUT2D eigenvalue weighted by molar-refractivity contribution is 8.00. The van der Waals surface area contributed by atoms with E-state index in [-0.39, 0.29) is 0 Å². The van der Waals surface area contributed by atoms with Gasteiger partial charge in [-0.2, -0.15) is 4.37 Å². The molecule has 88 valence electrons. The van der Waals surface area contributed by atoms with Crippen molar-refractivity contribution in [1.29, 1.82) is 0 Å². The molecule has 1 saturated carbocycles. The zero-order valence-electron chi connectivity index (χ0n) is 9.10. The molecule has 0 spiro atoms. The summed E-state index contributed by atoms with van der Waals surface area (Å²) < 4.78 is 5.46. The summed E-state index contributed by atoms with van der Waals surface area (Å²) in [6, 6.07) is 7.96. The molecule has 17 heavy (non-hydrogen) atoms. The molecule has 0 N–H and O–H groups in total. The van der Waals surface area contributed by atoms with Crippen LogP contribution >= 0.6 is 34.9 Å². The third-order valence-corrected chi connectivity index (χ3v) is 4.81. The number of rotatable bonds is 4. The van der Waals surface area contributed by atoms with Gasteiger partial charge in [-0.3, -0.25) is 0 Å². The van der Waals surface area contributed by atoms with Gasteiger partial charge in [0.05, 0.1) is 0 Å². The van der Waals surface area contributed by atoms with Crippen LogP contribution in [0.15, 0.2) is 28.6 Å². The van der Waals surface area contributed by atoms with E-state index in [4.69, 9.17) is 11.6 Å². The van der Waals surface area contributed by atoms with E-state index in [0.717, 1.165) is 20.9 Å². The van der Waals surface area contributed by atoms with E-state index in [1.165, 1.54) is 29.9 Å². The Balaban J connectivity index is 1.60. The second-order valence-electron chi connectivity index (χ2n) is 4.11. The molecule has 1 aromatic heterocycles. The summed E-state index contributed by atoms with van der Waals surface area (Å²) in [7, 11) is 0. The molecular weight excluding hydrogens is 272 g/mol. The number of halogens is 1. The highest BCUT2D eigenvalue weighted by Gasteiger charge is 2.27. The minimum absolute atomic E-state index is 0.649. The average molecular weight is 283 g/mol. The fourth-order valence-electron chi connectivity index (χ4n) is 1.51. The summed E-state index contributed by atoms with van der Waals surface area (Å²) in [5.74, 6) is 2.63. The van der Waals surface area contributed by atoms with Crippen LogP contribution in [0.5, 0.6) is 0 Å². The standard InChI is InChI=1S/C12H11ClN2S2/c13-10-5-1-8(2-6-10)7-16-12-14-11(15-17-12)9-3-4-9/h1-2,5-6,9H,3-4,7H2. The molecule has 3 rings (SSSR count). The molecule has 1 fully saturated rings. The molecule has 1 aromatic carbocycles. The number of hydrogen-bond donors (Lipinski definition) is 0. The summed E-state index contributed by atoms with van der Waals surface area (Å²) in [5.41, 5.74) is 1.27. The zero-order chi connectivity index (χ0) is 11.7. The van der Waals surface area contributed by atoms with E-state index in [2.05, 4.69) is 21.5 Å². The predicted octanol–water partition coefficient (Wildman–Crippen LogP) is 4.36. The van der Waals surface area contributed by atoms with Crippen LogP contribution in [0, 0.1) is 0 Å². The van der Waals surface area contributed by atoms with E-state index in [1.54, 1.807) is 11.8 Å². The van der Waals surface area contributed by atoms with Crippen LogP contribution in [0.25, 0.3) is 0 Å². The van der Waals surface area contributed by atoms with Gasteiger partial charge in [-0.1, -0.05) is 35.5 Å². The van der Waals surface area contributed by atoms with Crippen LogP contribution in [0.4, 0.5) is 0 Å². The van der Waals surface area contributed by atoms with Crippen molar-refractivity contribution in [1.82, 2.24) is 9.36 Å². The van der Waals surface area contributed by atoms with Crippen molar-refractivity contribution >= 4 is 34.9 Å². The van der Waals surface area contributed by atoms with E-state index in [1.807, 2.05) is 12.1 Å². The SMILES string of the molecule is Clc1ccc(CSc2nc(C3CC3)ns2)cc1. The van der Waals surface area contributed by atoms with Crippen molar-refractivity contribution in [2.24, 2.45) is 0 Å². The Morgan fingerprint density at radius 1 is 1.29 bits per heavy atom. The van der Waals surface area contributed by atoms with Gasteiger partial charge in [0.25, 0.3) is 0 Å². The highest BCUT2D eigenvalue weighted by atomic mass is 35.5. The fraction of sp³-hybridized carbons (Fsp3) is 0.333. The normalized spacial score (nSPS) is 15.1. The first-order chi connectivity index (χ1) is 8.31. The molecule has 2 aromatic rings. The Kier molecular flexibility index (Phi) is 3.36. The number of nitrogens with zero attached hydrogens (tertiary/aromatic N) is 2. The predicted molar refractivity (Wildman–Crippen MR) is 72.9 cm³/mol. The van der Waals surface area contributed by atoms with Crippen LogP contribution in [-0.4, -0.2) is 9.36 Å². The van der Waals surface area contributed by atoms with Crippen molar-refractivity contribution in [3.05, 3.63) is 40.7 Å². The third-order valence-electron chi connectivity index (χ3n) is 2.64. The lowest BCUT2D eigenvalue weighted by Gasteiger charge is -1.98. The van der Waals surface area contributed by atoms with Gasteiger partial charge in [0.15, 0.2) is 4.34 Å². The molecule has 0 unspecified atom stereocenters. The molecule has 0 radical (unpaired) electrons. The Morgan fingerprint density at radius 2 is 2.06 bits per heavy atom. The molecule has 0 saturated heterocycles. The molecule has 0 amide bonds. The summed E-state index contributed by atoms with van der Waals surface area (Å²) in [5, 5.41) is 0.783.